The molecule has 1 heterocycles. The monoisotopic (exact) mass is 400 g/mol. The number of carbonyl (C=O) groups is 1. The first kappa shape index (κ1) is 18.9. The first-order valence-electron chi connectivity index (χ1n) is 11.2. The minimum absolute atomic E-state index is 0.134. The van der Waals surface area contributed by atoms with Crippen molar-refractivity contribution in [2.45, 2.75) is 69.2 Å². The molecule has 6 rings (SSSR count). The van der Waals surface area contributed by atoms with Gasteiger partial charge in [0, 0.05) is 17.6 Å². The van der Waals surface area contributed by atoms with Crippen LogP contribution in [0.3, 0.4) is 0 Å². The van der Waals surface area contributed by atoms with Crippen LogP contribution in [0.1, 0.15) is 63.4 Å². The first-order valence-corrected chi connectivity index (χ1v) is 11.6. The lowest BCUT2D eigenvalue weighted by Gasteiger charge is -2.61. The minimum Gasteiger partial charge on any atom is -0.356 e. The Labute approximate surface area is 174 Å². The van der Waals surface area contributed by atoms with Gasteiger partial charge in [-0.2, -0.15) is 0 Å². The molecule has 3 nitrogen and oxygen atoms in total. The van der Waals surface area contributed by atoms with E-state index < -0.39 is 0 Å². The Morgan fingerprint density at radius 1 is 1.18 bits per heavy atom. The largest absolute Gasteiger partial charge is 0.356 e. The van der Waals surface area contributed by atoms with Gasteiger partial charge in [-0.3, -0.25) is 4.79 Å². The molecule has 4 aliphatic carbocycles. The predicted molar refractivity (Wildman–Crippen MR) is 114 cm³/mol. The Hall–Kier alpha value is -1.06. The fourth-order valence-electron chi connectivity index (χ4n) is 7.55. The summed E-state index contributed by atoms with van der Waals surface area (Å²) in [6.07, 6.45) is 10.8. The number of carbonyl (C=O) groups excluding carboxylic acids is 1. The summed E-state index contributed by atoms with van der Waals surface area (Å²) in [6.45, 7) is 2.04. The summed E-state index contributed by atoms with van der Waals surface area (Å²) in [5.74, 6) is 1.77. The zero-order valence-corrected chi connectivity index (χ0v) is 17.8. The normalized spacial score (nSPS) is 39.4. The van der Waals surface area contributed by atoms with E-state index in [0.29, 0.717) is 23.8 Å². The highest BCUT2D eigenvalue weighted by molar-refractivity contribution is 6.30. The van der Waals surface area contributed by atoms with E-state index in [9.17, 15) is 4.79 Å². The second-order valence-electron chi connectivity index (χ2n) is 10.3. The molecule has 0 spiro atoms. The van der Waals surface area contributed by atoms with E-state index in [1.54, 1.807) is 0 Å². The standard InChI is InChI=1S/C24H33ClN2O/c1-27-10-2-3-21(27)8-9-26-22(28)24-14-17-11-18(15-24)13-23(12-17,16-24)19-4-6-20(25)7-5-19/h4-7,17-18,21H,2-3,8-16H2,1H3,(H,26,28). The third-order valence-electron chi connectivity index (χ3n) is 8.43. The van der Waals surface area contributed by atoms with Crippen molar-refractivity contribution < 1.29 is 4.79 Å². The number of amides is 1. The van der Waals surface area contributed by atoms with Crippen molar-refractivity contribution in [2.75, 3.05) is 20.1 Å². The highest BCUT2D eigenvalue weighted by atomic mass is 35.5. The van der Waals surface area contributed by atoms with Crippen LogP contribution in [0.4, 0.5) is 0 Å². The van der Waals surface area contributed by atoms with Gasteiger partial charge in [0.05, 0.1) is 5.41 Å². The highest BCUT2D eigenvalue weighted by Gasteiger charge is 2.60. The Bertz CT molecular complexity index is 731. The van der Waals surface area contributed by atoms with Crippen molar-refractivity contribution in [2.24, 2.45) is 17.3 Å². The lowest BCUT2D eigenvalue weighted by Crippen LogP contribution is -2.59. The zero-order valence-electron chi connectivity index (χ0n) is 17.1. The van der Waals surface area contributed by atoms with Gasteiger partial charge in [0.15, 0.2) is 0 Å². The first-order chi connectivity index (χ1) is 13.5. The Kier molecular flexibility index (Phi) is 4.75. The summed E-state index contributed by atoms with van der Waals surface area (Å²) in [5, 5.41) is 4.18. The number of hydrogen-bond acceptors (Lipinski definition) is 2. The molecule has 152 valence electrons. The number of benzene rings is 1. The molecule has 4 heteroatoms. The van der Waals surface area contributed by atoms with Gasteiger partial charge >= 0.3 is 0 Å². The molecule has 3 atom stereocenters. The topological polar surface area (TPSA) is 32.3 Å². The van der Waals surface area contributed by atoms with Gasteiger partial charge in [-0.25, -0.2) is 0 Å². The van der Waals surface area contributed by atoms with Crippen LogP contribution in [0, 0.1) is 17.3 Å². The zero-order chi connectivity index (χ0) is 19.4. The van der Waals surface area contributed by atoms with Gasteiger partial charge in [0.25, 0.3) is 0 Å². The maximum absolute atomic E-state index is 13.4. The van der Waals surface area contributed by atoms with Crippen molar-refractivity contribution in [1.82, 2.24) is 10.2 Å². The van der Waals surface area contributed by atoms with E-state index in [1.165, 1.54) is 44.2 Å². The molecule has 4 saturated carbocycles. The molecule has 0 radical (unpaired) electrons. The van der Waals surface area contributed by atoms with Crippen LogP contribution in [0.25, 0.3) is 0 Å². The second-order valence-corrected chi connectivity index (χ2v) is 10.8. The quantitative estimate of drug-likeness (QED) is 0.771. The summed E-state index contributed by atoms with van der Waals surface area (Å²) >= 11 is 6.15. The van der Waals surface area contributed by atoms with Crippen molar-refractivity contribution >= 4 is 17.5 Å². The van der Waals surface area contributed by atoms with E-state index in [2.05, 4.69) is 29.4 Å². The molecule has 28 heavy (non-hydrogen) atoms. The summed E-state index contributed by atoms with van der Waals surface area (Å²) in [4.78, 5) is 15.9. The highest BCUT2D eigenvalue weighted by Crippen LogP contribution is 2.65. The fraction of sp³-hybridized carbons (Fsp3) is 0.708. The van der Waals surface area contributed by atoms with Gasteiger partial charge in [-0.15, -0.1) is 0 Å². The average Bonchev–Trinajstić information content (AvgIpc) is 3.06. The Morgan fingerprint density at radius 3 is 2.54 bits per heavy atom. The maximum atomic E-state index is 13.4. The Morgan fingerprint density at radius 2 is 1.89 bits per heavy atom. The van der Waals surface area contributed by atoms with Crippen molar-refractivity contribution in [3.05, 3.63) is 34.9 Å². The average molecular weight is 401 g/mol. The van der Waals surface area contributed by atoms with Crippen LogP contribution in [0.2, 0.25) is 5.02 Å². The molecule has 1 amide bonds. The van der Waals surface area contributed by atoms with Crippen molar-refractivity contribution in [1.29, 1.82) is 0 Å². The van der Waals surface area contributed by atoms with Crippen LogP contribution < -0.4 is 5.32 Å². The molecule has 1 saturated heterocycles. The maximum Gasteiger partial charge on any atom is 0.226 e. The SMILES string of the molecule is CN1CCCC1CCNC(=O)C12CC3CC(C1)CC(c1ccc(Cl)cc1)(C3)C2. The number of hydrogen-bond donors (Lipinski definition) is 1. The third kappa shape index (κ3) is 3.19. The van der Waals surface area contributed by atoms with Crippen molar-refractivity contribution in [3.8, 4) is 0 Å². The molecule has 0 aromatic heterocycles. The summed E-state index contributed by atoms with van der Waals surface area (Å²) in [7, 11) is 2.22. The number of likely N-dealkylation sites (tertiary alicyclic amines) is 1. The Balaban J connectivity index is 1.31. The van der Waals surface area contributed by atoms with E-state index in [4.69, 9.17) is 11.6 Å². The summed E-state index contributed by atoms with van der Waals surface area (Å²) < 4.78 is 0. The van der Waals surface area contributed by atoms with Gasteiger partial charge in [-0.05, 0) is 106 Å². The van der Waals surface area contributed by atoms with E-state index in [-0.39, 0.29) is 10.8 Å². The molecule has 1 aliphatic heterocycles. The molecule has 5 aliphatic rings. The lowest BCUT2D eigenvalue weighted by molar-refractivity contribution is -0.149. The predicted octanol–water partition coefficient (Wildman–Crippen LogP) is 4.78. The van der Waals surface area contributed by atoms with Crippen LogP contribution in [-0.4, -0.2) is 37.0 Å². The number of rotatable bonds is 5. The van der Waals surface area contributed by atoms with Crippen molar-refractivity contribution in [3.63, 3.8) is 0 Å². The third-order valence-corrected chi connectivity index (χ3v) is 8.69. The number of nitrogens with zero attached hydrogens (tertiary/aromatic N) is 1. The van der Waals surface area contributed by atoms with Gasteiger partial charge in [0.2, 0.25) is 5.91 Å². The molecule has 1 aromatic carbocycles. The van der Waals surface area contributed by atoms with Gasteiger partial charge in [0.1, 0.15) is 0 Å². The van der Waals surface area contributed by atoms with Crippen LogP contribution in [-0.2, 0) is 10.2 Å². The summed E-state index contributed by atoms with van der Waals surface area (Å²) in [5.41, 5.74) is 1.47. The second kappa shape index (κ2) is 7.02. The molecular formula is C24H33ClN2O. The molecule has 4 bridgehead atoms. The smallest absolute Gasteiger partial charge is 0.226 e. The van der Waals surface area contributed by atoms with E-state index >= 15 is 0 Å². The van der Waals surface area contributed by atoms with Crippen LogP contribution >= 0.6 is 11.6 Å². The molecule has 3 unspecified atom stereocenters. The minimum atomic E-state index is -0.134. The molecular weight excluding hydrogens is 368 g/mol. The van der Waals surface area contributed by atoms with E-state index in [1.807, 2.05) is 12.1 Å². The number of halogens is 1. The summed E-state index contributed by atoms with van der Waals surface area (Å²) in [6, 6.07) is 9.14. The fourth-order valence-corrected chi connectivity index (χ4v) is 7.68. The van der Waals surface area contributed by atoms with Gasteiger partial charge < -0.3 is 10.2 Å². The van der Waals surface area contributed by atoms with Gasteiger partial charge in [-0.1, -0.05) is 23.7 Å². The van der Waals surface area contributed by atoms with Crippen LogP contribution in [0.15, 0.2) is 24.3 Å². The molecule has 5 fully saturated rings. The molecule has 1 aromatic rings. The molecule has 1 N–H and O–H groups in total. The number of nitrogens with one attached hydrogen (secondary N) is 1. The van der Waals surface area contributed by atoms with E-state index in [0.717, 1.165) is 37.3 Å². The lowest BCUT2D eigenvalue weighted by atomic mass is 9.42. The van der Waals surface area contributed by atoms with Crippen LogP contribution in [0.5, 0.6) is 0 Å².